The molecular weight excluding hydrogens is 332 g/mol. The van der Waals surface area contributed by atoms with Crippen molar-refractivity contribution in [3.63, 3.8) is 0 Å². The molecule has 2 aromatic carbocycles. The van der Waals surface area contributed by atoms with Crippen molar-refractivity contribution in [2.75, 3.05) is 24.4 Å². The summed E-state index contributed by atoms with van der Waals surface area (Å²) in [6, 6.07) is 10.3. The lowest BCUT2D eigenvalue weighted by Gasteiger charge is -2.19. The number of hydrogen-bond acceptors (Lipinski definition) is 5. The van der Waals surface area contributed by atoms with Gasteiger partial charge in [0.05, 0.1) is 26.3 Å². The summed E-state index contributed by atoms with van der Waals surface area (Å²) in [5, 5.41) is 3.17. The standard InChI is InChI=1S/C20H22N2O4/c1-12-5-6-14(9-13(12)2)21-16-11-19(23)22(20(16)24)17-8-7-15(25-3)10-18(17)26-4/h5-10,16,21H,11H2,1-4H3. The molecule has 0 aromatic heterocycles. The van der Waals surface area contributed by atoms with Crippen LogP contribution in [0.2, 0.25) is 0 Å². The van der Waals surface area contributed by atoms with Crippen LogP contribution in [0.5, 0.6) is 11.5 Å². The fourth-order valence-corrected chi connectivity index (χ4v) is 3.00. The number of amides is 2. The molecule has 0 bridgehead atoms. The van der Waals surface area contributed by atoms with Crippen molar-refractivity contribution >= 4 is 23.2 Å². The molecule has 3 rings (SSSR count). The number of rotatable bonds is 5. The molecule has 1 heterocycles. The Morgan fingerprint density at radius 2 is 1.77 bits per heavy atom. The summed E-state index contributed by atoms with van der Waals surface area (Å²) < 4.78 is 10.5. The first-order valence-corrected chi connectivity index (χ1v) is 8.37. The fourth-order valence-electron chi connectivity index (χ4n) is 3.00. The molecule has 0 radical (unpaired) electrons. The lowest BCUT2D eigenvalue weighted by molar-refractivity contribution is -0.121. The fraction of sp³-hybridized carbons (Fsp3) is 0.300. The van der Waals surface area contributed by atoms with Crippen LogP contribution >= 0.6 is 0 Å². The highest BCUT2D eigenvalue weighted by molar-refractivity contribution is 6.23. The van der Waals surface area contributed by atoms with E-state index in [0.717, 1.165) is 11.3 Å². The van der Waals surface area contributed by atoms with Gasteiger partial charge in [-0.15, -0.1) is 0 Å². The smallest absolute Gasteiger partial charge is 0.256 e. The van der Waals surface area contributed by atoms with Gasteiger partial charge in [0, 0.05) is 11.8 Å². The summed E-state index contributed by atoms with van der Waals surface area (Å²) in [5.74, 6) is 0.448. The van der Waals surface area contributed by atoms with Gasteiger partial charge in [0.25, 0.3) is 5.91 Å². The molecule has 0 aliphatic carbocycles. The highest BCUT2D eigenvalue weighted by atomic mass is 16.5. The highest BCUT2D eigenvalue weighted by Gasteiger charge is 2.40. The zero-order valence-electron chi connectivity index (χ0n) is 15.3. The van der Waals surface area contributed by atoms with E-state index in [-0.39, 0.29) is 18.2 Å². The second kappa shape index (κ2) is 7.07. The molecule has 2 aromatic rings. The quantitative estimate of drug-likeness (QED) is 0.836. The molecule has 1 fully saturated rings. The molecule has 136 valence electrons. The predicted octanol–water partition coefficient (Wildman–Crippen LogP) is 3.06. The second-order valence-corrected chi connectivity index (χ2v) is 6.31. The second-order valence-electron chi connectivity index (χ2n) is 6.31. The molecule has 0 spiro atoms. The van der Waals surface area contributed by atoms with E-state index in [2.05, 4.69) is 5.32 Å². The number of hydrogen-bond donors (Lipinski definition) is 1. The van der Waals surface area contributed by atoms with Crippen LogP contribution in [-0.2, 0) is 9.59 Å². The third-order valence-electron chi connectivity index (χ3n) is 4.62. The number of nitrogens with zero attached hydrogens (tertiary/aromatic N) is 1. The SMILES string of the molecule is COc1ccc(N2C(=O)CC(Nc3ccc(C)c(C)c3)C2=O)c(OC)c1. The van der Waals surface area contributed by atoms with Crippen molar-refractivity contribution in [1.82, 2.24) is 0 Å². The van der Waals surface area contributed by atoms with Gasteiger partial charge in [-0.3, -0.25) is 9.59 Å². The molecule has 26 heavy (non-hydrogen) atoms. The third-order valence-corrected chi connectivity index (χ3v) is 4.62. The Morgan fingerprint density at radius 1 is 1.00 bits per heavy atom. The Balaban J connectivity index is 1.86. The van der Waals surface area contributed by atoms with Crippen LogP contribution in [0.25, 0.3) is 0 Å². The number of carbonyl (C=O) groups excluding carboxylic acids is 2. The van der Waals surface area contributed by atoms with Gasteiger partial charge in [-0.25, -0.2) is 4.90 Å². The van der Waals surface area contributed by atoms with Crippen LogP contribution in [0, 0.1) is 13.8 Å². The van der Waals surface area contributed by atoms with Gasteiger partial charge in [-0.1, -0.05) is 6.07 Å². The van der Waals surface area contributed by atoms with Crippen LogP contribution < -0.4 is 19.7 Å². The zero-order chi connectivity index (χ0) is 18.8. The Hall–Kier alpha value is -3.02. The average Bonchev–Trinajstić information content (AvgIpc) is 2.91. The van der Waals surface area contributed by atoms with Gasteiger partial charge in [0.15, 0.2) is 0 Å². The molecule has 1 N–H and O–H groups in total. The van der Waals surface area contributed by atoms with Crippen LogP contribution in [0.1, 0.15) is 17.5 Å². The number of benzene rings is 2. The first-order chi connectivity index (χ1) is 12.4. The maximum Gasteiger partial charge on any atom is 0.256 e. The van der Waals surface area contributed by atoms with Gasteiger partial charge in [0.1, 0.15) is 17.5 Å². The van der Waals surface area contributed by atoms with Crippen LogP contribution in [-0.4, -0.2) is 32.1 Å². The van der Waals surface area contributed by atoms with Gasteiger partial charge < -0.3 is 14.8 Å². The molecule has 6 heteroatoms. The predicted molar refractivity (Wildman–Crippen MR) is 100.0 cm³/mol. The molecule has 1 unspecified atom stereocenters. The van der Waals surface area contributed by atoms with E-state index < -0.39 is 6.04 Å². The van der Waals surface area contributed by atoms with E-state index in [0.29, 0.717) is 17.2 Å². The topological polar surface area (TPSA) is 67.9 Å². The number of imide groups is 1. The van der Waals surface area contributed by atoms with Gasteiger partial charge >= 0.3 is 0 Å². The Labute approximate surface area is 152 Å². The van der Waals surface area contributed by atoms with Gasteiger partial charge in [-0.2, -0.15) is 0 Å². The van der Waals surface area contributed by atoms with E-state index in [1.165, 1.54) is 17.6 Å². The van der Waals surface area contributed by atoms with E-state index in [1.807, 2.05) is 32.0 Å². The van der Waals surface area contributed by atoms with E-state index in [1.54, 1.807) is 25.3 Å². The van der Waals surface area contributed by atoms with Crippen molar-refractivity contribution in [1.29, 1.82) is 0 Å². The molecular formula is C20H22N2O4. The largest absolute Gasteiger partial charge is 0.497 e. The zero-order valence-corrected chi connectivity index (χ0v) is 15.3. The van der Waals surface area contributed by atoms with Crippen LogP contribution in [0.4, 0.5) is 11.4 Å². The Kier molecular flexibility index (Phi) is 4.84. The van der Waals surface area contributed by atoms with Crippen molar-refractivity contribution in [3.05, 3.63) is 47.5 Å². The summed E-state index contributed by atoms with van der Waals surface area (Å²) in [6.07, 6.45) is 0.0982. The average molecular weight is 354 g/mol. The van der Waals surface area contributed by atoms with Gasteiger partial charge in [0.2, 0.25) is 5.91 Å². The van der Waals surface area contributed by atoms with Crippen LogP contribution in [0.15, 0.2) is 36.4 Å². The van der Waals surface area contributed by atoms with E-state index in [4.69, 9.17) is 9.47 Å². The van der Waals surface area contributed by atoms with Crippen molar-refractivity contribution < 1.29 is 19.1 Å². The molecule has 1 aliphatic rings. The summed E-state index contributed by atoms with van der Waals surface area (Å²) in [5.41, 5.74) is 3.55. The summed E-state index contributed by atoms with van der Waals surface area (Å²) in [6.45, 7) is 4.04. The molecule has 1 saturated heterocycles. The summed E-state index contributed by atoms with van der Waals surface area (Å²) >= 11 is 0. The minimum Gasteiger partial charge on any atom is -0.497 e. The molecule has 0 saturated carbocycles. The first-order valence-electron chi connectivity index (χ1n) is 8.37. The maximum absolute atomic E-state index is 12.9. The van der Waals surface area contributed by atoms with Gasteiger partial charge in [-0.05, 0) is 49.2 Å². The Bertz CT molecular complexity index is 863. The number of anilines is 2. The third kappa shape index (κ3) is 3.22. The molecule has 1 aliphatic heterocycles. The first kappa shape index (κ1) is 17.8. The minimum atomic E-state index is -0.601. The van der Waals surface area contributed by atoms with Crippen molar-refractivity contribution in [2.45, 2.75) is 26.3 Å². The summed E-state index contributed by atoms with van der Waals surface area (Å²) in [4.78, 5) is 26.5. The lowest BCUT2D eigenvalue weighted by Crippen LogP contribution is -2.35. The van der Waals surface area contributed by atoms with Crippen molar-refractivity contribution in [2.24, 2.45) is 0 Å². The van der Waals surface area contributed by atoms with E-state index in [9.17, 15) is 9.59 Å². The maximum atomic E-state index is 12.9. The number of methoxy groups -OCH3 is 2. The lowest BCUT2D eigenvalue weighted by atomic mass is 10.1. The molecule has 2 amide bonds. The summed E-state index contributed by atoms with van der Waals surface area (Å²) in [7, 11) is 3.04. The number of carbonyl (C=O) groups is 2. The highest BCUT2D eigenvalue weighted by Crippen LogP contribution is 2.35. The number of aryl methyl sites for hydroxylation is 2. The van der Waals surface area contributed by atoms with E-state index >= 15 is 0 Å². The minimum absolute atomic E-state index is 0.0982. The Morgan fingerprint density at radius 3 is 2.42 bits per heavy atom. The monoisotopic (exact) mass is 354 g/mol. The normalized spacial score (nSPS) is 16.8. The number of ether oxygens (including phenoxy) is 2. The molecule has 1 atom stereocenters. The molecule has 6 nitrogen and oxygen atoms in total. The van der Waals surface area contributed by atoms with Crippen molar-refractivity contribution in [3.8, 4) is 11.5 Å². The van der Waals surface area contributed by atoms with Crippen LogP contribution in [0.3, 0.4) is 0 Å². The number of nitrogens with one attached hydrogen (secondary N) is 1.